The summed E-state index contributed by atoms with van der Waals surface area (Å²) < 4.78 is 0. The second-order valence-corrected chi connectivity index (χ2v) is 8.23. The van der Waals surface area contributed by atoms with E-state index in [0.29, 0.717) is 12.1 Å². The Hall–Kier alpha value is -2.70. The van der Waals surface area contributed by atoms with Crippen LogP contribution in [0.4, 0.5) is 5.69 Å². The van der Waals surface area contributed by atoms with Crippen molar-refractivity contribution in [3.63, 3.8) is 0 Å². The Labute approximate surface area is 179 Å². The van der Waals surface area contributed by atoms with Crippen LogP contribution in [0.15, 0.2) is 42.5 Å². The fourth-order valence-electron chi connectivity index (χ4n) is 3.51. The molecule has 1 aromatic heterocycles. The first-order valence-corrected chi connectivity index (χ1v) is 10.6. The summed E-state index contributed by atoms with van der Waals surface area (Å²) in [5.74, 6) is -0.0688. The average Bonchev–Trinajstić information content (AvgIpc) is 2.72. The van der Waals surface area contributed by atoms with E-state index in [9.17, 15) is 4.79 Å². The van der Waals surface area contributed by atoms with E-state index in [1.165, 1.54) is 0 Å². The number of aromatic nitrogens is 1. The first-order chi connectivity index (χ1) is 14.5. The topological polar surface area (TPSA) is 60.5 Å². The van der Waals surface area contributed by atoms with Crippen LogP contribution < -0.4 is 10.6 Å². The first-order valence-electron chi connectivity index (χ1n) is 10.6. The molecule has 2 N–H and O–H groups in total. The van der Waals surface area contributed by atoms with Gasteiger partial charge in [0.25, 0.3) is 5.91 Å². The Kier molecular flexibility index (Phi) is 7.60. The minimum Gasteiger partial charge on any atom is -0.384 e. The first kappa shape index (κ1) is 22.0. The summed E-state index contributed by atoms with van der Waals surface area (Å²) in [5, 5.41) is 8.64. The lowest BCUT2D eigenvalue weighted by Gasteiger charge is -2.15. The zero-order chi connectivity index (χ0) is 21.5. The summed E-state index contributed by atoms with van der Waals surface area (Å²) in [4.78, 5) is 22.0. The molecule has 0 bridgehead atoms. The van der Waals surface area contributed by atoms with Crippen LogP contribution in [-0.4, -0.2) is 75.1 Å². The normalized spacial score (nSPS) is 11.5. The summed E-state index contributed by atoms with van der Waals surface area (Å²) in [6.45, 7) is 3.49. The molecule has 0 aliphatic rings. The van der Waals surface area contributed by atoms with Crippen molar-refractivity contribution >= 4 is 33.4 Å². The Morgan fingerprint density at radius 3 is 2.37 bits per heavy atom. The Bertz CT molecular complexity index is 999. The highest BCUT2D eigenvalue weighted by molar-refractivity contribution is 6.11. The maximum atomic E-state index is 12.9. The van der Waals surface area contributed by atoms with Crippen LogP contribution in [0.2, 0.25) is 0 Å². The van der Waals surface area contributed by atoms with Gasteiger partial charge < -0.3 is 20.4 Å². The highest BCUT2D eigenvalue weighted by Crippen LogP contribution is 2.29. The molecule has 6 nitrogen and oxygen atoms in total. The standard InChI is InChI=1S/C24H33N5O/c1-28(2)15-7-13-25-22-12-11-19(24(30)26-14-8-16-29(3)4)23-20(22)17-18-9-5-6-10-21(18)27-23/h5-6,9-12,17,25H,7-8,13-16H2,1-4H3,(H,26,30). The number of rotatable bonds is 10. The third-order valence-electron chi connectivity index (χ3n) is 5.10. The number of hydrogen-bond acceptors (Lipinski definition) is 5. The van der Waals surface area contributed by atoms with Gasteiger partial charge >= 0.3 is 0 Å². The smallest absolute Gasteiger partial charge is 0.253 e. The van der Waals surface area contributed by atoms with Crippen LogP contribution in [0.3, 0.4) is 0 Å². The molecule has 0 saturated carbocycles. The Morgan fingerprint density at radius 2 is 1.63 bits per heavy atom. The summed E-state index contributed by atoms with van der Waals surface area (Å²) >= 11 is 0. The lowest BCUT2D eigenvalue weighted by atomic mass is 10.0. The predicted octanol–water partition coefficient (Wildman–Crippen LogP) is 3.43. The van der Waals surface area contributed by atoms with Crippen molar-refractivity contribution in [3.05, 3.63) is 48.0 Å². The van der Waals surface area contributed by atoms with E-state index in [4.69, 9.17) is 4.98 Å². The predicted molar refractivity (Wildman–Crippen MR) is 126 cm³/mol. The van der Waals surface area contributed by atoms with E-state index in [2.05, 4.69) is 46.7 Å². The van der Waals surface area contributed by atoms with Gasteiger partial charge in [-0.05, 0) is 78.4 Å². The monoisotopic (exact) mass is 407 g/mol. The maximum absolute atomic E-state index is 12.9. The highest BCUT2D eigenvalue weighted by atomic mass is 16.1. The molecule has 1 heterocycles. The number of carbonyl (C=O) groups excluding carboxylic acids is 1. The van der Waals surface area contributed by atoms with Crippen molar-refractivity contribution < 1.29 is 4.79 Å². The highest BCUT2D eigenvalue weighted by Gasteiger charge is 2.15. The molecule has 0 radical (unpaired) electrons. The van der Waals surface area contributed by atoms with Gasteiger partial charge in [0, 0.05) is 29.5 Å². The number of nitrogens with zero attached hydrogens (tertiary/aromatic N) is 3. The molecule has 1 amide bonds. The molecular formula is C24H33N5O. The van der Waals surface area contributed by atoms with Gasteiger partial charge in [0.1, 0.15) is 0 Å². The summed E-state index contributed by atoms with van der Waals surface area (Å²) in [6, 6.07) is 14.1. The molecule has 160 valence electrons. The largest absolute Gasteiger partial charge is 0.384 e. The van der Waals surface area contributed by atoms with Crippen LogP contribution in [0.5, 0.6) is 0 Å². The molecule has 3 aromatic rings. The fraction of sp³-hybridized carbons (Fsp3) is 0.417. The number of nitrogens with one attached hydrogen (secondary N) is 2. The van der Waals surface area contributed by atoms with Crippen molar-refractivity contribution in [2.75, 3.05) is 59.7 Å². The summed E-state index contributed by atoms with van der Waals surface area (Å²) in [7, 11) is 8.23. The van der Waals surface area contributed by atoms with Gasteiger partial charge in [0.2, 0.25) is 0 Å². The maximum Gasteiger partial charge on any atom is 0.253 e. The number of amides is 1. The van der Waals surface area contributed by atoms with Gasteiger partial charge in [-0.3, -0.25) is 4.79 Å². The van der Waals surface area contributed by atoms with Gasteiger partial charge in [-0.2, -0.15) is 0 Å². The lowest BCUT2D eigenvalue weighted by molar-refractivity contribution is 0.0954. The minimum atomic E-state index is -0.0688. The van der Waals surface area contributed by atoms with Crippen molar-refractivity contribution in [2.45, 2.75) is 12.8 Å². The second-order valence-electron chi connectivity index (χ2n) is 8.23. The zero-order valence-corrected chi connectivity index (χ0v) is 18.5. The number of anilines is 1. The molecule has 3 rings (SSSR count). The Balaban J connectivity index is 1.88. The van der Waals surface area contributed by atoms with Crippen molar-refractivity contribution in [2.24, 2.45) is 0 Å². The van der Waals surface area contributed by atoms with E-state index >= 15 is 0 Å². The number of hydrogen-bond donors (Lipinski definition) is 2. The zero-order valence-electron chi connectivity index (χ0n) is 18.5. The lowest BCUT2D eigenvalue weighted by Crippen LogP contribution is -2.27. The summed E-state index contributed by atoms with van der Waals surface area (Å²) in [6.07, 6.45) is 1.96. The van der Waals surface area contributed by atoms with Crippen LogP contribution in [0.25, 0.3) is 21.8 Å². The van der Waals surface area contributed by atoms with E-state index in [-0.39, 0.29) is 5.91 Å². The number of benzene rings is 2. The summed E-state index contributed by atoms with van der Waals surface area (Å²) in [5.41, 5.74) is 3.29. The molecule has 0 aliphatic heterocycles. The van der Waals surface area contributed by atoms with Crippen LogP contribution in [-0.2, 0) is 0 Å². The van der Waals surface area contributed by atoms with Gasteiger partial charge in [-0.25, -0.2) is 4.98 Å². The molecule has 6 heteroatoms. The SMILES string of the molecule is CN(C)CCCNC(=O)c1ccc(NCCCN(C)C)c2cc3ccccc3nc12. The third kappa shape index (κ3) is 5.68. The molecule has 0 aliphatic carbocycles. The van der Waals surface area contributed by atoms with Gasteiger partial charge in [0.05, 0.1) is 16.6 Å². The van der Waals surface area contributed by atoms with Crippen LogP contribution >= 0.6 is 0 Å². The molecule has 0 spiro atoms. The number of fused-ring (bicyclic) bond motifs is 2. The minimum absolute atomic E-state index is 0.0688. The number of para-hydroxylation sites is 1. The van der Waals surface area contributed by atoms with E-state index in [0.717, 1.165) is 60.0 Å². The molecule has 2 aromatic carbocycles. The quantitative estimate of drug-likeness (QED) is 0.398. The molecule has 0 atom stereocenters. The number of pyridine rings is 1. The third-order valence-corrected chi connectivity index (χ3v) is 5.10. The average molecular weight is 408 g/mol. The van der Waals surface area contributed by atoms with Crippen LogP contribution in [0, 0.1) is 0 Å². The molecule has 0 unspecified atom stereocenters. The number of carbonyl (C=O) groups is 1. The second kappa shape index (κ2) is 10.4. The molecule has 0 fully saturated rings. The van der Waals surface area contributed by atoms with Crippen molar-refractivity contribution in [1.29, 1.82) is 0 Å². The van der Waals surface area contributed by atoms with E-state index in [1.54, 1.807) is 0 Å². The van der Waals surface area contributed by atoms with Gasteiger partial charge in [-0.1, -0.05) is 18.2 Å². The van der Waals surface area contributed by atoms with E-state index < -0.39 is 0 Å². The van der Waals surface area contributed by atoms with Gasteiger partial charge in [0.15, 0.2) is 0 Å². The van der Waals surface area contributed by atoms with Gasteiger partial charge in [-0.15, -0.1) is 0 Å². The molecule has 0 saturated heterocycles. The van der Waals surface area contributed by atoms with Crippen LogP contribution in [0.1, 0.15) is 23.2 Å². The van der Waals surface area contributed by atoms with Crippen molar-refractivity contribution in [3.8, 4) is 0 Å². The molecular weight excluding hydrogens is 374 g/mol. The fourth-order valence-corrected chi connectivity index (χ4v) is 3.51. The van der Waals surface area contributed by atoms with E-state index in [1.807, 2.05) is 44.4 Å². The van der Waals surface area contributed by atoms with Crippen molar-refractivity contribution in [1.82, 2.24) is 20.1 Å². The molecule has 30 heavy (non-hydrogen) atoms. The Morgan fingerprint density at radius 1 is 0.933 bits per heavy atom.